The molecule has 118 valence electrons. The molecule has 1 aromatic carbocycles. The van der Waals surface area contributed by atoms with Gasteiger partial charge in [-0.15, -0.1) is 11.8 Å². The Balaban J connectivity index is 2.38. The molecule has 0 bridgehead atoms. The molecule has 0 spiro atoms. The second-order valence-corrected chi connectivity index (χ2v) is 6.46. The van der Waals surface area contributed by atoms with E-state index < -0.39 is 11.7 Å². The molecule has 0 saturated heterocycles. The predicted octanol–water partition coefficient (Wildman–Crippen LogP) is 3.32. The molecule has 0 aliphatic carbocycles. The molecule has 1 amide bonds. The average Bonchev–Trinajstić information content (AvgIpc) is 2.41. The Hall–Kier alpha value is -1.56. The Morgan fingerprint density at radius 1 is 1.19 bits per heavy atom. The van der Waals surface area contributed by atoms with Crippen LogP contribution in [0.4, 0.5) is 4.79 Å². The topological polar surface area (TPSA) is 56.8 Å². The van der Waals surface area contributed by atoms with E-state index in [9.17, 15) is 4.79 Å². The number of alkyl carbamates (subject to hydrolysis) is 1. The molecule has 21 heavy (non-hydrogen) atoms. The number of ether oxygens (including phenoxy) is 3. The van der Waals surface area contributed by atoms with Crippen molar-refractivity contribution in [2.24, 2.45) is 0 Å². The van der Waals surface area contributed by atoms with Crippen molar-refractivity contribution in [3.05, 3.63) is 18.2 Å². The van der Waals surface area contributed by atoms with Crippen LogP contribution in [0.25, 0.3) is 0 Å². The van der Waals surface area contributed by atoms with E-state index >= 15 is 0 Å². The van der Waals surface area contributed by atoms with Crippen molar-refractivity contribution in [3.8, 4) is 11.5 Å². The van der Waals surface area contributed by atoms with Gasteiger partial charge in [-0.2, -0.15) is 0 Å². The highest BCUT2D eigenvalue weighted by Gasteiger charge is 2.15. The number of rotatable bonds is 6. The van der Waals surface area contributed by atoms with E-state index in [2.05, 4.69) is 5.32 Å². The van der Waals surface area contributed by atoms with Crippen LogP contribution < -0.4 is 14.8 Å². The summed E-state index contributed by atoms with van der Waals surface area (Å²) in [4.78, 5) is 12.5. The zero-order chi connectivity index (χ0) is 15.9. The molecule has 0 aliphatic heterocycles. The number of amides is 1. The first-order chi connectivity index (χ1) is 9.85. The molecule has 0 aliphatic rings. The van der Waals surface area contributed by atoms with Gasteiger partial charge in [-0.3, -0.25) is 0 Å². The van der Waals surface area contributed by atoms with Crippen molar-refractivity contribution in [1.29, 1.82) is 0 Å². The third-order valence-electron chi connectivity index (χ3n) is 2.39. The summed E-state index contributed by atoms with van der Waals surface area (Å²) in [6, 6.07) is 5.74. The van der Waals surface area contributed by atoms with Crippen molar-refractivity contribution in [2.75, 3.05) is 26.5 Å². The van der Waals surface area contributed by atoms with Gasteiger partial charge in [-0.1, -0.05) is 0 Å². The van der Waals surface area contributed by atoms with E-state index in [4.69, 9.17) is 14.2 Å². The highest BCUT2D eigenvalue weighted by molar-refractivity contribution is 7.99. The summed E-state index contributed by atoms with van der Waals surface area (Å²) in [6.45, 7) is 6.05. The maximum Gasteiger partial charge on any atom is 0.407 e. The molecule has 5 nitrogen and oxygen atoms in total. The molecular weight excluding hydrogens is 290 g/mol. The minimum Gasteiger partial charge on any atom is -0.493 e. The van der Waals surface area contributed by atoms with Gasteiger partial charge in [0.25, 0.3) is 0 Å². The van der Waals surface area contributed by atoms with Crippen molar-refractivity contribution in [2.45, 2.75) is 31.3 Å². The summed E-state index contributed by atoms with van der Waals surface area (Å²) in [5.74, 6) is 2.14. The number of methoxy groups -OCH3 is 2. The largest absolute Gasteiger partial charge is 0.493 e. The van der Waals surface area contributed by atoms with Crippen LogP contribution in [0.3, 0.4) is 0 Å². The van der Waals surface area contributed by atoms with Gasteiger partial charge in [-0.05, 0) is 39.0 Å². The highest BCUT2D eigenvalue weighted by atomic mass is 32.2. The normalized spacial score (nSPS) is 10.9. The molecule has 1 N–H and O–H groups in total. The third kappa shape index (κ3) is 6.62. The smallest absolute Gasteiger partial charge is 0.407 e. The SMILES string of the molecule is COc1ccc(SCCNC(=O)OC(C)(C)C)cc1OC. The number of hydrogen-bond donors (Lipinski definition) is 1. The Bertz CT molecular complexity index is 471. The van der Waals surface area contributed by atoms with Crippen LogP contribution in [-0.2, 0) is 4.74 Å². The monoisotopic (exact) mass is 313 g/mol. The van der Waals surface area contributed by atoms with E-state index in [0.29, 0.717) is 18.0 Å². The van der Waals surface area contributed by atoms with Gasteiger partial charge in [0.2, 0.25) is 0 Å². The molecule has 0 unspecified atom stereocenters. The minimum atomic E-state index is -0.472. The van der Waals surface area contributed by atoms with Crippen LogP contribution in [0.5, 0.6) is 11.5 Å². The molecule has 6 heteroatoms. The molecule has 0 heterocycles. The van der Waals surface area contributed by atoms with Gasteiger partial charge in [0.1, 0.15) is 5.60 Å². The zero-order valence-electron chi connectivity index (χ0n) is 13.2. The van der Waals surface area contributed by atoms with E-state index in [1.807, 2.05) is 39.0 Å². The first kappa shape index (κ1) is 17.5. The summed E-state index contributed by atoms with van der Waals surface area (Å²) in [5.41, 5.74) is -0.472. The standard InChI is InChI=1S/C15H23NO4S/c1-15(2,3)20-14(17)16-8-9-21-11-6-7-12(18-4)13(10-11)19-5/h6-7,10H,8-9H2,1-5H3,(H,16,17). The minimum absolute atomic E-state index is 0.393. The van der Waals surface area contributed by atoms with E-state index in [-0.39, 0.29) is 0 Å². The molecule has 0 fully saturated rings. The van der Waals surface area contributed by atoms with E-state index in [0.717, 1.165) is 10.6 Å². The fourth-order valence-corrected chi connectivity index (χ4v) is 2.34. The molecule has 0 saturated carbocycles. The molecule has 0 aromatic heterocycles. The van der Waals surface area contributed by atoms with Crippen LogP contribution in [0.2, 0.25) is 0 Å². The second kappa shape index (κ2) is 8.02. The summed E-state index contributed by atoms with van der Waals surface area (Å²) in [6.07, 6.45) is -0.393. The molecule has 0 radical (unpaired) electrons. The fourth-order valence-electron chi connectivity index (χ4n) is 1.54. The quantitative estimate of drug-likeness (QED) is 0.645. The highest BCUT2D eigenvalue weighted by Crippen LogP contribution is 2.31. The first-order valence-electron chi connectivity index (χ1n) is 6.67. The first-order valence-corrected chi connectivity index (χ1v) is 7.66. The van der Waals surface area contributed by atoms with Crippen molar-refractivity contribution in [1.82, 2.24) is 5.32 Å². The zero-order valence-corrected chi connectivity index (χ0v) is 14.0. The van der Waals surface area contributed by atoms with Crippen molar-refractivity contribution in [3.63, 3.8) is 0 Å². The Morgan fingerprint density at radius 2 is 1.86 bits per heavy atom. The lowest BCUT2D eigenvalue weighted by Crippen LogP contribution is -2.33. The lowest BCUT2D eigenvalue weighted by Gasteiger charge is -2.19. The number of nitrogens with one attached hydrogen (secondary N) is 1. The second-order valence-electron chi connectivity index (χ2n) is 5.29. The summed E-state index contributed by atoms with van der Waals surface area (Å²) in [5, 5.41) is 2.72. The van der Waals surface area contributed by atoms with E-state index in [1.165, 1.54) is 0 Å². The Morgan fingerprint density at radius 3 is 2.43 bits per heavy atom. The van der Waals surface area contributed by atoms with Crippen LogP contribution in [-0.4, -0.2) is 38.2 Å². The van der Waals surface area contributed by atoms with Crippen LogP contribution in [0, 0.1) is 0 Å². The lowest BCUT2D eigenvalue weighted by molar-refractivity contribution is 0.0531. The third-order valence-corrected chi connectivity index (χ3v) is 3.39. The molecule has 1 aromatic rings. The van der Waals surface area contributed by atoms with Gasteiger partial charge < -0.3 is 19.5 Å². The number of carbonyl (C=O) groups excluding carboxylic acids is 1. The maximum atomic E-state index is 11.5. The lowest BCUT2D eigenvalue weighted by atomic mass is 10.2. The van der Waals surface area contributed by atoms with Gasteiger partial charge in [0.05, 0.1) is 14.2 Å². The van der Waals surface area contributed by atoms with Crippen molar-refractivity contribution < 1.29 is 19.0 Å². The van der Waals surface area contributed by atoms with Crippen molar-refractivity contribution >= 4 is 17.9 Å². The Labute approximate surface area is 130 Å². The number of benzene rings is 1. The summed E-state index contributed by atoms with van der Waals surface area (Å²) >= 11 is 1.62. The fraction of sp³-hybridized carbons (Fsp3) is 0.533. The van der Waals surface area contributed by atoms with Gasteiger partial charge in [0.15, 0.2) is 11.5 Å². The number of carbonyl (C=O) groups is 1. The molecular formula is C15H23NO4S. The van der Waals surface area contributed by atoms with Gasteiger partial charge in [-0.25, -0.2) is 4.79 Å². The van der Waals surface area contributed by atoms with Gasteiger partial charge in [0, 0.05) is 17.2 Å². The maximum absolute atomic E-state index is 11.5. The average molecular weight is 313 g/mol. The van der Waals surface area contributed by atoms with E-state index in [1.54, 1.807) is 26.0 Å². The number of thioether (sulfide) groups is 1. The van der Waals surface area contributed by atoms with Crippen LogP contribution >= 0.6 is 11.8 Å². The number of hydrogen-bond acceptors (Lipinski definition) is 5. The van der Waals surface area contributed by atoms with Gasteiger partial charge >= 0.3 is 6.09 Å². The predicted molar refractivity (Wildman–Crippen MR) is 84.5 cm³/mol. The Kier molecular flexibility index (Phi) is 6.68. The summed E-state index contributed by atoms with van der Waals surface area (Å²) < 4.78 is 15.6. The molecule has 1 rings (SSSR count). The summed E-state index contributed by atoms with van der Waals surface area (Å²) in [7, 11) is 3.21. The van der Waals surface area contributed by atoms with Crippen LogP contribution in [0.1, 0.15) is 20.8 Å². The molecule has 0 atom stereocenters. The van der Waals surface area contributed by atoms with Crippen LogP contribution in [0.15, 0.2) is 23.1 Å².